The second kappa shape index (κ2) is 3.05. The Morgan fingerprint density at radius 2 is 2.25 bits per heavy atom. The van der Waals surface area contributed by atoms with E-state index in [4.69, 9.17) is 5.73 Å². The molecule has 1 aliphatic rings. The first kappa shape index (κ1) is 6.05. The van der Waals surface area contributed by atoms with Crippen molar-refractivity contribution in [3.63, 3.8) is 0 Å². The van der Waals surface area contributed by atoms with E-state index in [0.717, 1.165) is 13.1 Å². The van der Waals surface area contributed by atoms with Crippen LogP contribution in [-0.4, -0.2) is 19.1 Å². The maximum atomic E-state index is 5.64. The monoisotopic (exact) mass is 113 g/mol. The summed E-state index contributed by atoms with van der Waals surface area (Å²) in [6.45, 7) is 1.92. The van der Waals surface area contributed by atoms with E-state index in [1.165, 1.54) is 19.3 Å². The van der Waals surface area contributed by atoms with Gasteiger partial charge in [0.1, 0.15) is 0 Å². The summed E-state index contributed by atoms with van der Waals surface area (Å²) in [5.74, 6) is 0. The zero-order valence-electron chi connectivity index (χ0n) is 5.14. The number of rotatable bonds is 0. The zero-order valence-corrected chi connectivity index (χ0v) is 5.14. The molecule has 0 aliphatic carbocycles. The lowest BCUT2D eigenvalue weighted by atomic mass is 10.2. The summed E-state index contributed by atoms with van der Waals surface area (Å²) in [6.07, 6.45) is 3.68. The maximum Gasteiger partial charge on any atom is 0.0285 e. The smallest absolute Gasteiger partial charge is 0.0285 e. The van der Waals surface area contributed by atoms with Crippen molar-refractivity contribution in [3.05, 3.63) is 0 Å². The molecule has 0 aromatic heterocycles. The van der Waals surface area contributed by atoms with Gasteiger partial charge in [0.15, 0.2) is 0 Å². The summed E-state index contributed by atoms with van der Waals surface area (Å²) in [5.41, 5.74) is 5.64. The average molecular weight is 113 g/mol. The SMILES string of the molecule is NC1CCCC[N]C1. The van der Waals surface area contributed by atoms with Crippen LogP contribution in [0.5, 0.6) is 0 Å². The average Bonchev–Trinajstić information content (AvgIpc) is 1.94. The molecule has 0 spiro atoms. The molecule has 2 nitrogen and oxygen atoms in total. The Bertz CT molecular complexity index is 55.5. The molecule has 2 N–H and O–H groups in total. The lowest BCUT2D eigenvalue weighted by Crippen LogP contribution is -2.27. The van der Waals surface area contributed by atoms with E-state index in [0.29, 0.717) is 6.04 Å². The van der Waals surface area contributed by atoms with Crippen LogP contribution in [0.1, 0.15) is 19.3 Å². The fraction of sp³-hybridized carbons (Fsp3) is 1.00. The minimum Gasteiger partial charge on any atom is -0.326 e. The van der Waals surface area contributed by atoms with Crippen molar-refractivity contribution in [2.75, 3.05) is 13.1 Å². The predicted molar refractivity (Wildman–Crippen MR) is 33.7 cm³/mol. The Balaban J connectivity index is 2.17. The summed E-state index contributed by atoms with van der Waals surface area (Å²) < 4.78 is 0. The first-order chi connectivity index (χ1) is 3.89. The standard InChI is InChI=1S/C6H13N2/c7-6-3-1-2-4-8-5-6/h6H,1-5,7H2. The number of nitrogens with zero attached hydrogens (tertiary/aromatic N) is 1. The minimum absolute atomic E-state index is 0.359. The van der Waals surface area contributed by atoms with Crippen molar-refractivity contribution in [2.24, 2.45) is 5.73 Å². The molecule has 1 rings (SSSR count). The molecule has 1 aliphatic heterocycles. The molecule has 1 fully saturated rings. The van der Waals surface area contributed by atoms with E-state index < -0.39 is 0 Å². The molecule has 1 radical (unpaired) electrons. The molecule has 1 atom stereocenters. The van der Waals surface area contributed by atoms with Crippen LogP contribution in [-0.2, 0) is 0 Å². The molecule has 1 unspecified atom stereocenters. The molecule has 47 valence electrons. The Kier molecular flexibility index (Phi) is 2.30. The molecule has 0 amide bonds. The first-order valence-electron chi connectivity index (χ1n) is 3.28. The quantitative estimate of drug-likeness (QED) is 0.475. The van der Waals surface area contributed by atoms with Crippen molar-refractivity contribution in [3.8, 4) is 0 Å². The largest absolute Gasteiger partial charge is 0.326 e. The van der Waals surface area contributed by atoms with E-state index in [1.54, 1.807) is 0 Å². The van der Waals surface area contributed by atoms with Gasteiger partial charge in [0.25, 0.3) is 0 Å². The maximum absolute atomic E-state index is 5.64. The third kappa shape index (κ3) is 1.80. The molecule has 0 saturated carbocycles. The second-order valence-electron chi connectivity index (χ2n) is 2.39. The Morgan fingerprint density at radius 3 is 3.12 bits per heavy atom. The van der Waals surface area contributed by atoms with E-state index in [9.17, 15) is 0 Å². The van der Waals surface area contributed by atoms with Crippen LogP contribution < -0.4 is 11.1 Å². The van der Waals surface area contributed by atoms with E-state index in [1.807, 2.05) is 0 Å². The summed E-state index contributed by atoms with van der Waals surface area (Å²) in [5, 5.41) is 4.23. The Hall–Kier alpha value is -0.0800. The highest BCUT2D eigenvalue weighted by atomic mass is 14.9. The normalized spacial score (nSPS) is 31.9. The van der Waals surface area contributed by atoms with Crippen LogP contribution in [0.4, 0.5) is 0 Å². The summed E-state index contributed by atoms with van der Waals surface area (Å²) in [4.78, 5) is 0. The van der Waals surface area contributed by atoms with Gasteiger partial charge in [-0.25, -0.2) is 5.32 Å². The molecule has 2 heteroatoms. The highest BCUT2D eigenvalue weighted by Crippen LogP contribution is 2.01. The number of hydrogen-bond donors (Lipinski definition) is 1. The molecule has 0 bridgehead atoms. The van der Waals surface area contributed by atoms with Gasteiger partial charge in [-0.3, -0.25) is 0 Å². The van der Waals surface area contributed by atoms with Gasteiger partial charge in [-0.05, 0) is 12.8 Å². The van der Waals surface area contributed by atoms with Crippen molar-refractivity contribution < 1.29 is 0 Å². The van der Waals surface area contributed by atoms with Gasteiger partial charge < -0.3 is 5.73 Å². The molecule has 0 aromatic rings. The molecule has 1 saturated heterocycles. The summed E-state index contributed by atoms with van der Waals surface area (Å²) >= 11 is 0. The van der Waals surface area contributed by atoms with Crippen LogP contribution in [0.3, 0.4) is 0 Å². The Labute approximate surface area is 50.4 Å². The Morgan fingerprint density at radius 1 is 1.38 bits per heavy atom. The highest BCUT2D eigenvalue weighted by molar-refractivity contribution is 4.67. The van der Waals surface area contributed by atoms with Crippen LogP contribution in [0.2, 0.25) is 0 Å². The number of nitrogens with two attached hydrogens (primary N) is 1. The summed E-state index contributed by atoms with van der Waals surface area (Å²) in [6, 6.07) is 0.359. The van der Waals surface area contributed by atoms with Crippen LogP contribution in [0, 0.1) is 0 Å². The van der Waals surface area contributed by atoms with Crippen molar-refractivity contribution >= 4 is 0 Å². The second-order valence-corrected chi connectivity index (χ2v) is 2.39. The van der Waals surface area contributed by atoms with E-state index in [-0.39, 0.29) is 0 Å². The fourth-order valence-corrected chi connectivity index (χ4v) is 0.979. The molecule has 8 heavy (non-hydrogen) atoms. The lowest BCUT2D eigenvalue weighted by Gasteiger charge is -2.03. The van der Waals surface area contributed by atoms with Gasteiger partial charge in [-0.1, -0.05) is 6.42 Å². The molecular formula is C6H13N2. The molecular weight excluding hydrogens is 100 g/mol. The molecule has 1 heterocycles. The zero-order chi connectivity index (χ0) is 5.82. The number of hydrogen-bond acceptors (Lipinski definition) is 1. The van der Waals surface area contributed by atoms with Gasteiger partial charge in [-0.2, -0.15) is 0 Å². The van der Waals surface area contributed by atoms with E-state index in [2.05, 4.69) is 5.32 Å². The van der Waals surface area contributed by atoms with Gasteiger partial charge in [0.05, 0.1) is 0 Å². The summed E-state index contributed by atoms with van der Waals surface area (Å²) in [7, 11) is 0. The van der Waals surface area contributed by atoms with Gasteiger partial charge in [0, 0.05) is 19.1 Å². The third-order valence-corrected chi connectivity index (χ3v) is 1.50. The van der Waals surface area contributed by atoms with Gasteiger partial charge in [0.2, 0.25) is 0 Å². The lowest BCUT2D eigenvalue weighted by molar-refractivity contribution is 0.595. The van der Waals surface area contributed by atoms with Gasteiger partial charge >= 0.3 is 0 Å². The predicted octanol–water partition coefficient (Wildman–Crippen LogP) is 0.102. The van der Waals surface area contributed by atoms with Crippen molar-refractivity contribution in [1.29, 1.82) is 0 Å². The van der Waals surface area contributed by atoms with Crippen molar-refractivity contribution in [2.45, 2.75) is 25.3 Å². The minimum atomic E-state index is 0.359. The third-order valence-electron chi connectivity index (χ3n) is 1.50. The molecule has 0 aromatic carbocycles. The van der Waals surface area contributed by atoms with Crippen LogP contribution >= 0.6 is 0 Å². The van der Waals surface area contributed by atoms with Gasteiger partial charge in [-0.15, -0.1) is 0 Å². The van der Waals surface area contributed by atoms with Crippen molar-refractivity contribution in [1.82, 2.24) is 5.32 Å². The fourth-order valence-electron chi connectivity index (χ4n) is 0.979. The highest BCUT2D eigenvalue weighted by Gasteiger charge is 2.05. The van der Waals surface area contributed by atoms with Crippen LogP contribution in [0.15, 0.2) is 0 Å². The first-order valence-corrected chi connectivity index (χ1v) is 3.28. The van der Waals surface area contributed by atoms with E-state index >= 15 is 0 Å². The topological polar surface area (TPSA) is 40.1 Å². The van der Waals surface area contributed by atoms with Crippen LogP contribution in [0.25, 0.3) is 0 Å².